The van der Waals surface area contributed by atoms with E-state index in [0.717, 1.165) is 31.4 Å². The van der Waals surface area contributed by atoms with Gasteiger partial charge in [0.1, 0.15) is 0 Å². The van der Waals surface area contributed by atoms with Crippen LogP contribution in [0.25, 0.3) is 0 Å². The Bertz CT molecular complexity index is 562. The Morgan fingerprint density at radius 1 is 1.04 bits per heavy atom. The lowest BCUT2D eigenvalue weighted by molar-refractivity contribution is -0.123. The maximum absolute atomic E-state index is 12.3. The fourth-order valence-electron chi connectivity index (χ4n) is 4.12. The normalized spacial score (nSPS) is 24.5. The Hall–Kier alpha value is -1.91. The second kappa shape index (κ2) is 8.97. The Morgan fingerprint density at radius 3 is 2.48 bits per heavy atom. The summed E-state index contributed by atoms with van der Waals surface area (Å²) in [5, 5.41) is 6.13. The van der Waals surface area contributed by atoms with Crippen molar-refractivity contribution in [3.63, 3.8) is 0 Å². The van der Waals surface area contributed by atoms with E-state index >= 15 is 0 Å². The molecule has 25 heavy (non-hydrogen) atoms. The number of nitrogens with zero attached hydrogens (tertiary/aromatic N) is 1. The van der Waals surface area contributed by atoms with E-state index in [4.69, 9.17) is 0 Å². The van der Waals surface area contributed by atoms with Crippen LogP contribution in [0.1, 0.15) is 64.2 Å². The summed E-state index contributed by atoms with van der Waals surface area (Å²) in [6, 6.07) is 3.90. The molecule has 0 bridgehead atoms. The summed E-state index contributed by atoms with van der Waals surface area (Å²) < 4.78 is 0. The van der Waals surface area contributed by atoms with Crippen molar-refractivity contribution in [3.8, 4) is 0 Å². The van der Waals surface area contributed by atoms with Crippen LogP contribution in [-0.2, 0) is 9.59 Å². The quantitative estimate of drug-likeness (QED) is 0.857. The lowest BCUT2D eigenvalue weighted by Gasteiger charge is -2.29. The largest absolute Gasteiger partial charge is 0.353 e. The number of anilines is 1. The summed E-state index contributed by atoms with van der Waals surface area (Å²) in [6.45, 7) is 0. The highest BCUT2D eigenvalue weighted by atomic mass is 16.2. The van der Waals surface area contributed by atoms with E-state index in [-0.39, 0.29) is 23.8 Å². The summed E-state index contributed by atoms with van der Waals surface area (Å²) >= 11 is 0. The molecule has 0 aromatic carbocycles. The van der Waals surface area contributed by atoms with Gasteiger partial charge in [0.05, 0.1) is 11.9 Å². The number of carbonyl (C=O) groups is 2. The molecule has 0 unspecified atom stereocenters. The number of rotatable bonds is 5. The third-order valence-corrected chi connectivity index (χ3v) is 5.59. The molecule has 0 spiro atoms. The molecule has 2 aliphatic rings. The predicted octanol–water partition coefficient (Wildman–Crippen LogP) is 3.67. The second-order valence-electron chi connectivity index (χ2n) is 7.56. The van der Waals surface area contributed by atoms with Gasteiger partial charge in [-0.05, 0) is 56.6 Å². The zero-order valence-electron chi connectivity index (χ0n) is 14.9. The Labute approximate surface area is 150 Å². The van der Waals surface area contributed by atoms with E-state index in [1.54, 1.807) is 12.4 Å². The Kier molecular flexibility index (Phi) is 6.42. The van der Waals surface area contributed by atoms with E-state index in [1.165, 1.54) is 32.1 Å². The minimum Gasteiger partial charge on any atom is -0.353 e. The van der Waals surface area contributed by atoms with E-state index < -0.39 is 0 Å². The van der Waals surface area contributed by atoms with Crippen molar-refractivity contribution in [2.75, 3.05) is 5.32 Å². The minimum atomic E-state index is 0.0340. The minimum absolute atomic E-state index is 0.0340. The number of nitrogens with one attached hydrogen (secondary N) is 2. The van der Waals surface area contributed by atoms with Gasteiger partial charge in [-0.1, -0.05) is 19.3 Å². The van der Waals surface area contributed by atoms with Crippen molar-refractivity contribution in [2.24, 2.45) is 11.8 Å². The van der Waals surface area contributed by atoms with Crippen molar-refractivity contribution in [1.82, 2.24) is 10.3 Å². The van der Waals surface area contributed by atoms with Crippen LogP contribution < -0.4 is 10.6 Å². The molecule has 5 nitrogen and oxygen atoms in total. The number of amides is 2. The Balaban J connectivity index is 1.37. The van der Waals surface area contributed by atoms with Gasteiger partial charge < -0.3 is 10.6 Å². The van der Waals surface area contributed by atoms with E-state index in [0.29, 0.717) is 12.3 Å². The SMILES string of the molecule is O=C(CC1CCCCC1)NC1CCC(C(=O)Nc2cccnc2)CC1. The van der Waals surface area contributed by atoms with Crippen molar-refractivity contribution < 1.29 is 9.59 Å². The van der Waals surface area contributed by atoms with Crippen LogP contribution in [0.2, 0.25) is 0 Å². The molecule has 0 aliphatic heterocycles. The van der Waals surface area contributed by atoms with Crippen LogP contribution in [-0.4, -0.2) is 22.8 Å². The van der Waals surface area contributed by atoms with E-state index in [9.17, 15) is 9.59 Å². The van der Waals surface area contributed by atoms with E-state index in [1.807, 2.05) is 12.1 Å². The maximum atomic E-state index is 12.3. The van der Waals surface area contributed by atoms with E-state index in [2.05, 4.69) is 15.6 Å². The molecule has 2 aliphatic carbocycles. The van der Waals surface area contributed by atoms with Gasteiger partial charge in [0.15, 0.2) is 0 Å². The number of carbonyl (C=O) groups excluding carboxylic acids is 2. The van der Waals surface area contributed by atoms with Gasteiger partial charge >= 0.3 is 0 Å². The summed E-state index contributed by atoms with van der Waals surface area (Å²) in [7, 11) is 0. The fourth-order valence-corrected chi connectivity index (χ4v) is 4.12. The lowest BCUT2D eigenvalue weighted by atomic mass is 9.84. The molecule has 1 heterocycles. The topological polar surface area (TPSA) is 71.1 Å². The summed E-state index contributed by atoms with van der Waals surface area (Å²) in [5.74, 6) is 0.886. The molecule has 0 radical (unpaired) electrons. The fraction of sp³-hybridized carbons (Fsp3) is 0.650. The third kappa shape index (κ3) is 5.55. The molecular formula is C20H29N3O2. The van der Waals surface area contributed by atoms with Gasteiger partial charge in [0.25, 0.3) is 0 Å². The maximum Gasteiger partial charge on any atom is 0.227 e. The lowest BCUT2D eigenvalue weighted by Crippen LogP contribution is -2.40. The average Bonchev–Trinajstić information content (AvgIpc) is 2.64. The first-order valence-corrected chi connectivity index (χ1v) is 9.71. The first-order chi connectivity index (χ1) is 12.2. The average molecular weight is 343 g/mol. The van der Waals surface area contributed by atoms with Crippen LogP contribution in [0.3, 0.4) is 0 Å². The molecule has 3 rings (SSSR count). The highest BCUT2D eigenvalue weighted by Gasteiger charge is 2.27. The first kappa shape index (κ1) is 17.9. The van der Waals surface area contributed by atoms with Gasteiger partial charge in [-0.3, -0.25) is 14.6 Å². The molecule has 2 N–H and O–H groups in total. The number of aromatic nitrogens is 1. The van der Waals surface area contributed by atoms with Gasteiger partial charge in [-0.25, -0.2) is 0 Å². The summed E-state index contributed by atoms with van der Waals surface area (Å²) in [6.07, 6.45) is 13.8. The van der Waals surface area contributed by atoms with Gasteiger partial charge in [-0.2, -0.15) is 0 Å². The van der Waals surface area contributed by atoms with Crippen molar-refractivity contribution >= 4 is 17.5 Å². The summed E-state index contributed by atoms with van der Waals surface area (Å²) in [5.41, 5.74) is 0.746. The molecule has 1 aromatic heterocycles. The number of hydrogen-bond acceptors (Lipinski definition) is 3. The molecule has 5 heteroatoms. The number of hydrogen-bond donors (Lipinski definition) is 2. The predicted molar refractivity (Wildman–Crippen MR) is 97.9 cm³/mol. The van der Waals surface area contributed by atoms with Crippen LogP contribution in [0.15, 0.2) is 24.5 Å². The standard InChI is InChI=1S/C20H29N3O2/c24-19(13-15-5-2-1-3-6-15)22-17-10-8-16(9-11-17)20(25)23-18-7-4-12-21-14-18/h4,7,12,14-17H,1-3,5-6,8-11,13H2,(H,22,24)(H,23,25). The molecule has 0 atom stereocenters. The van der Waals surface area contributed by atoms with Crippen molar-refractivity contribution in [3.05, 3.63) is 24.5 Å². The molecular weight excluding hydrogens is 314 g/mol. The molecule has 1 aromatic rings. The van der Waals surface area contributed by atoms with Crippen molar-refractivity contribution in [1.29, 1.82) is 0 Å². The van der Waals surface area contributed by atoms with Gasteiger partial charge in [-0.15, -0.1) is 0 Å². The molecule has 0 saturated heterocycles. The van der Waals surface area contributed by atoms with Crippen molar-refractivity contribution in [2.45, 2.75) is 70.3 Å². The highest BCUT2D eigenvalue weighted by molar-refractivity contribution is 5.92. The van der Waals surface area contributed by atoms with Crippen LogP contribution >= 0.6 is 0 Å². The zero-order valence-corrected chi connectivity index (χ0v) is 14.9. The van der Waals surface area contributed by atoms with Crippen LogP contribution in [0.5, 0.6) is 0 Å². The monoisotopic (exact) mass is 343 g/mol. The molecule has 2 fully saturated rings. The van der Waals surface area contributed by atoms with Gasteiger partial charge in [0.2, 0.25) is 11.8 Å². The van der Waals surface area contributed by atoms with Crippen LogP contribution in [0.4, 0.5) is 5.69 Å². The first-order valence-electron chi connectivity index (χ1n) is 9.71. The summed E-state index contributed by atoms with van der Waals surface area (Å²) in [4.78, 5) is 28.6. The Morgan fingerprint density at radius 2 is 1.80 bits per heavy atom. The molecule has 2 amide bonds. The third-order valence-electron chi connectivity index (χ3n) is 5.59. The molecule has 136 valence electrons. The number of pyridine rings is 1. The van der Waals surface area contributed by atoms with Gasteiger partial charge in [0, 0.05) is 24.6 Å². The smallest absolute Gasteiger partial charge is 0.227 e. The van der Waals surface area contributed by atoms with Crippen LogP contribution in [0, 0.1) is 11.8 Å². The molecule has 2 saturated carbocycles. The zero-order chi connectivity index (χ0) is 17.5. The highest BCUT2D eigenvalue weighted by Crippen LogP contribution is 2.28. The second-order valence-corrected chi connectivity index (χ2v) is 7.56.